The SMILES string of the molecule is O=C1CCC(=O)N1CCCCN1CCOCC1. The molecule has 2 fully saturated rings. The summed E-state index contributed by atoms with van der Waals surface area (Å²) in [6.07, 6.45) is 2.76. The summed E-state index contributed by atoms with van der Waals surface area (Å²) in [4.78, 5) is 26.5. The van der Waals surface area contributed by atoms with Gasteiger partial charge in [-0.2, -0.15) is 0 Å². The molecule has 96 valence electrons. The maximum absolute atomic E-state index is 11.4. The molecule has 2 saturated heterocycles. The molecule has 17 heavy (non-hydrogen) atoms. The summed E-state index contributed by atoms with van der Waals surface area (Å²) < 4.78 is 5.28. The van der Waals surface area contributed by atoms with Crippen molar-refractivity contribution in [3.63, 3.8) is 0 Å². The Kier molecular flexibility index (Phi) is 4.50. The molecule has 0 radical (unpaired) electrons. The van der Waals surface area contributed by atoms with Crippen molar-refractivity contribution in [2.75, 3.05) is 39.4 Å². The highest BCUT2D eigenvalue weighted by atomic mass is 16.5. The second kappa shape index (κ2) is 6.12. The fraction of sp³-hybridized carbons (Fsp3) is 0.833. The van der Waals surface area contributed by atoms with Gasteiger partial charge in [0.05, 0.1) is 13.2 Å². The third-order valence-corrected chi connectivity index (χ3v) is 3.36. The number of morpholine rings is 1. The molecule has 0 unspecified atom stereocenters. The molecule has 0 N–H and O–H groups in total. The van der Waals surface area contributed by atoms with Crippen molar-refractivity contribution in [1.82, 2.24) is 9.80 Å². The normalized spacial score (nSPS) is 22.5. The lowest BCUT2D eigenvalue weighted by atomic mass is 10.2. The molecule has 2 amide bonds. The van der Waals surface area contributed by atoms with Gasteiger partial charge in [0.15, 0.2) is 0 Å². The third-order valence-electron chi connectivity index (χ3n) is 3.36. The first-order valence-corrected chi connectivity index (χ1v) is 6.40. The van der Waals surface area contributed by atoms with Crippen LogP contribution in [-0.4, -0.2) is 61.0 Å². The van der Waals surface area contributed by atoms with Gasteiger partial charge in [0.2, 0.25) is 11.8 Å². The molecule has 0 aromatic heterocycles. The van der Waals surface area contributed by atoms with E-state index in [9.17, 15) is 9.59 Å². The molecule has 5 nitrogen and oxygen atoms in total. The predicted molar refractivity (Wildman–Crippen MR) is 62.4 cm³/mol. The fourth-order valence-corrected chi connectivity index (χ4v) is 2.30. The number of hydrogen-bond donors (Lipinski definition) is 0. The lowest BCUT2D eigenvalue weighted by molar-refractivity contribution is -0.138. The van der Waals surface area contributed by atoms with E-state index in [0.29, 0.717) is 19.4 Å². The number of unbranched alkanes of at least 4 members (excludes halogenated alkanes) is 1. The Balaban J connectivity index is 1.59. The minimum absolute atomic E-state index is 0.00127. The Morgan fingerprint density at radius 2 is 1.53 bits per heavy atom. The zero-order valence-corrected chi connectivity index (χ0v) is 10.2. The molecule has 2 rings (SSSR count). The van der Waals surface area contributed by atoms with Gasteiger partial charge in [-0.25, -0.2) is 0 Å². The Labute approximate surface area is 102 Å². The van der Waals surface area contributed by atoms with Crippen LogP contribution in [0.2, 0.25) is 0 Å². The highest BCUT2D eigenvalue weighted by Crippen LogP contribution is 2.12. The van der Waals surface area contributed by atoms with Gasteiger partial charge in [-0.05, 0) is 19.4 Å². The first-order valence-electron chi connectivity index (χ1n) is 6.40. The number of imide groups is 1. The van der Waals surface area contributed by atoms with Crippen LogP contribution in [-0.2, 0) is 14.3 Å². The third kappa shape index (κ3) is 3.51. The zero-order valence-electron chi connectivity index (χ0n) is 10.2. The molecule has 0 atom stereocenters. The number of nitrogens with zero attached hydrogens (tertiary/aromatic N) is 2. The van der Waals surface area contributed by atoms with Crippen molar-refractivity contribution in [1.29, 1.82) is 0 Å². The molecular formula is C12H20N2O3. The van der Waals surface area contributed by atoms with Gasteiger partial charge in [0.1, 0.15) is 0 Å². The minimum Gasteiger partial charge on any atom is -0.379 e. The van der Waals surface area contributed by atoms with Crippen LogP contribution in [0.5, 0.6) is 0 Å². The van der Waals surface area contributed by atoms with E-state index in [1.165, 1.54) is 4.90 Å². The van der Waals surface area contributed by atoms with Crippen molar-refractivity contribution >= 4 is 11.8 Å². The van der Waals surface area contributed by atoms with Crippen LogP contribution in [0.3, 0.4) is 0 Å². The van der Waals surface area contributed by atoms with E-state index in [0.717, 1.165) is 45.7 Å². The predicted octanol–water partition coefficient (Wildman–Crippen LogP) is 0.248. The second-order valence-electron chi connectivity index (χ2n) is 4.60. The Bertz CT molecular complexity index is 271. The smallest absolute Gasteiger partial charge is 0.229 e. The molecule has 0 aromatic carbocycles. The van der Waals surface area contributed by atoms with Crippen LogP contribution in [0.15, 0.2) is 0 Å². The average molecular weight is 240 g/mol. The monoisotopic (exact) mass is 240 g/mol. The van der Waals surface area contributed by atoms with Gasteiger partial charge in [0.25, 0.3) is 0 Å². The summed E-state index contributed by atoms with van der Waals surface area (Å²) >= 11 is 0. The number of carbonyl (C=O) groups is 2. The molecule has 5 heteroatoms. The Morgan fingerprint density at radius 1 is 0.941 bits per heavy atom. The van der Waals surface area contributed by atoms with E-state index in [1.807, 2.05) is 0 Å². The molecule has 2 aliphatic rings. The van der Waals surface area contributed by atoms with Crippen LogP contribution in [0, 0.1) is 0 Å². The summed E-state index contributed by atoms with van der Waals surface area (Å²) in [5, 5.41) is 0. The highest BCUT2D eigenvalue weighted by Gasteiger charge is 2.27. The van der Waals surface area contributed by atoms with Gasteiger partial charge in [-0.3, -0.25) is 19.4 Å². The summed E-state index contributed by atoms with van der Waals surface area (Å²) in [5.74, 6) is 0.00254. The summed E-state index contributed by atoms with van der Waals surface area (Å²) in [6.45, 7) is 5.29. The van der Waals surface area contributed by atoms with Crippen molar-refractivity contribution in [2.45, 2.75) is 25.7 Å². The molecule has 0 bridgehead atoms. The van der Waals surface area contributed by atoms with Crippen molar-refractivity contribution < 1.29 is 14.3 Å². The Morgan fingerprint density at radius 3 is 2.18 bits per heavy atom. The van der Waals surface area contributed by atoms with Gasteiger partial charge >= 0.3 is 0 Å². The molecule has 0 saturated carbocycles. The standard InChI is InChI=1S/C12H20N2O3/c15-11-3-4-12(16)14(11)6-2-1-5-13-7-9-17-10-8-13/h1-10H2. The largest absolute Gasteiger partial charge is 0.379 e. The van der Waals surface area contributed by atoms with Crippen molar-refractivity contribution in [3.05, 3.63) is 0 Å². The van der Waals surface area contributed by atoms with E-state index in [4.69, 9.17) is 4.74 Å². The van der Waals surface area contributed by atoms with E-state index < -0.39 is 0 Å². The lowest BCUT2D eigenvalue weighted by Crippen LogP contribution is -2.37. The number of amides is 2. The van der Waals surface area contributed by atoms with E-state index in [2.05, 4.69) is 4.90 Å². The minimum atomic E-state index is 0.00127. The molecule has 2 aliphatic heterocycles. The Hall–Kier alpha value is -0.940. The number of rotatable bonds is 5. The molecule has 0 aliphatic carbocycles. The van der Waals surface area contributed by atoms with Gasteiger partial charge in [-0.15, -0.1) is 0 Å². The fourth-order valence-electron chi connectivity index (χ4n) is 2.30. The van der Waals surface area contributed by atoms with Crippen LogP contribution in [0.25, 0.3) is 0 Å². The number of likely N-dealkylation sites (tertiary alicyclic amines) is 1. The zero-order chi connectivity index (χ0) is 12.1. The number of carbonyl (C=O) groups excluding carboxylic acids is 2. The van der Waals surface area contributed by atoms with E-state index in [-0.39, 0.29) is 11.8 Å². The molecule has 0 aromatic rings. The second-order valence-corrected chi connectivity index (χ2v) is 4.60. The lowest BCUT2D eigenvalue weighted by Gasteiger charge is -2.26. The highest BCUT2D eigenvalue weighted by molar-refractivity contribution is 6.01. The van der Waals surface area contributed by atoms with Gasteiger partial charge in [0, 0.05) is 32.5 Å². The van der Waals surface area contributed by atoms with Gasteiger partial charge in [-0.1, -0.05) is 0 Å². The molecule has 2 heterocycles. The average Bonchev–Trinajstić information content (AvgIpc) is 2.67. The summed E-state index contributed by atoms with van der Waals surface area (Å²) in [7, 11) is 0. The number of ether oxygens (including phenoxy) is 1. The van der Waals surface area contributed by atoms with Gasteiger partial charge < -0.3 is 4.74 Å². The van der Waals surface area contributed by atoms with Crippen LogP contribution < -0.4 is 0 Å². The van der Waals surface area contributed by atoms with E-state index >= 15 is 0 Å². The first-order chi connectivity index (χ1) is 8.27. The van der Waals surface area contributed by atoms with Crippen LogP contribution in [0.1, 0.15) is 25.7 Å². The number of hydrogen-bond acceptors (Lipinski definition) is 4. The first kappa shape index (κ1) is 12.5. The quantitative estimate of drug-likeness (QED) is 0.510. The van der Waals surface area contributed by atoms with Crippen LogP contribution >= 0.6 is 0 Å². The maximum Gasteiger partial charge on any atom is 0.229 e. The van der Waals surface area contributed by atoms with Crippen LogP contribution in [0.4, 0.5) is 0 Å². The molecule has 0 spiro atoms. The summed E-state index contributed by atoms with van der Waals surface area (Å²) in [6, 6.07) is 0. The molecular weight excluding hydrogens is 220 g/mol. The summed E-state index contributed by atoms with van der Waals surface area (Å²) in [5.41, 5.74) is 0. The van der Waals surface area contributed by atoms with Crippen molar-refractivity contribution in [2.24, 2.45) is 0 Å². The maximum atomic E-state index is 11.4. The van der Waals surface area contributed by atoms with Crippen molar-refractivity contribution in [3.8, 4) is 0 Å². The van der Waals surface area contributed by atoms with E-state index in [1.54, 1.807) is 0 Å². The topological polar surface area (TPSA) is 49.9 Å².